The lowest BCUT2D eigenvalue weighted by molar-refractivity contribution is -0.274. The zero-order chi connectivity index (χ0) is 21.6. The molecule has 156 valence electrons. The van der Waals surface area contributed by atoms with Crippen LogP contribution in [0.3, 0.4) is 0 Å². The summed E-state index contributed by atoms with van der Waals surface area (Å²) in [4.78, 5) is 25.4. The van der Waals surface area contributed by atoms with Gasteiger partial charge in [-0.05, 0) is 49.7 Å². The molecule has 0 saturated heterocycles. The molecule has 0 atom stereocenters. The topological polar surface area (TPSA) is 67.9 Å². The molecule has 0 aliphatic rings. The van der Waals surface area contributed by atoms with Crippen molar-refractivity contribution >= 4 is 23.3 Å². The lowest BCUT2D eigenvalue weighted by Crippen LogP contribution is -2.25. The number of hydrogen-bond donors (Lipinski definition) is 1. The fourth-order valence-corrected chi connectivity index (χ4v) is 2.77. The lowest BCUT2D eigenvalue weighted by atomic mass is 10.0. The summed E-state index contributed by atoms with van der Waals surface area (Å²) < 4.78 is 45.4. The van der Waals surface area contributed by atoms with E-state index < -0.39 is 18.2 Å². The zero-order valence-corrected chi connectivity index (χ0v) is 16.2. The van der Waals surface area contributed by atoms with Gasteiger partial charge in [0.1, 0.15) is 5.75 Å². The third-order valence-corrected chi connectivity index (χ3v) is 4.15. The molecule has 0 fully saturated rings. The van der Waals surface area contributed by atoms with Gasteiger partial charge in [-0.15, -0.1) is 13.2 Å². The van der Waals surface area contributed by atoms with Crippen LogP contribution in [-0.4, -0.2) is 38.4 Å². The third kappa shape index (κ3) is 5.87. The summed E-state index contributed by atoms with van der Waals surface area (Å²) in [6.07, 6.45) is -4.79. The summed E-state index contributed by atoms with van der Waals surface area (Å²) in [6.45, 7) is 5.45. The smallest absolute Gasteiger partial charge is 0.462 e. The molecule has 6 nitrogen and oxygen atoms in total. The molecule has 1 N–H and O–H groups in total. The zero-order valence-electron chi connectivity index (χ0n) is 16.2. The number of hydrogen-bond acceptors (Lipinski definition) is 5. The monoisotopic (exact) mass is 410 g/mol. The highest BCUT2D eigenvalue weighted by Gasteiger charge is 2.31. The summed E-state index contributed by atoms with van der Waals surface area (Å²) >= 11 is 0. The maximum absolute atomic E-state index is 12.4. The first-order chi connectivity index (χ1) is 13.7. The number of carbonyl (C=O) groups is 2. The minimum absolute atomic E-state index is 0.320. The van der Waals surface area contributed by atoms with Crippen LogP contribution in [0.4, 0.5) is 24.5 Å². The van der Waals surface area contributed by atoms with E-state index in [2.05, 4.69) is 19.7 Å². The summed E-state index contributed by atoms with van der Waals surface area (Å²) in [5, 5.41) is 2.47. The van der Waals surface area contributed by atoms with Gasteiger partial charge in [-0.25, -0.2) is 4.79 Å². The molecule has 29 heavy (non-hydrogen) atoms. The molecule has 2 aromatic rings. The Bertz CT molecular complexity index is 863. The highest BCUT2D eigenvalue weighted by molar-refractivity contribution is 6.37. The summed E-state index contributed by atoms with van der Waals surface area (Å²) in [6, 6.07) is 10.4. The molecule has 0 aliphatic heterocycles. The first-order valence-corrected chi connectivity index (χ1v) is 8.83. The van der Waals surface area contributed by atoms with Crippen LogP contribution >= 0.6 is 0 Å². The van der Waals surface area contributed by atoms with Gasteiger partial charge >= 0.3 is 18.2 Å². The van der Waals surface area contributed by atoms with Gasteiger partial charge in [0.2, 0.25) is 0 Å². The van der Waals surface area contributed by atoms with Gasteiger partial charge < -0.3 is 19.7 Å². The second kappa shape index (κ2) is 9.31. The molecule has 0 unspecified atom stereocenters. The molecule has 0 aromatic heterocycles. The van der Waals surface area contributed by atoms with Crippen molar-refractivity contribution < 1.29 is 32.2 Å². The minimum atomic E-state index is -4.79. The van der Waals surface area contributed by atoms with E-state index in [1.54, 1.807) is 18.2 Å². The normalized spacial score (nSPS) is 11.0. The van der Waals surface area contributed by atoms with Crippen LogP contribution < -0.4 is 15.0 Å². The van der Waals surface area contributed by atoms with E-state index in [9.17, 15) is 22.8 Å². The van der Waals surface area contributed by atoms with Gasteiger partial charge in [0.15, 0.2) is 0 Å². The van der Waals surface area contributed by atoms with Crippen molar-refractivity contribution in [1.29, 1.82) is 0 Å². The van der Waals surface area contributed by atoms with Gasteiger partial charge in [0.05, 0.1) is 7.11 Å². The molecular formula is C20H21F3N2O4. The largest absolute Gasteiger partial charge is 0.573 e. The first-order valence-electron chi connectivity index (χ1n) is 8.83. The van der Waals surface area contributed by atoms with Crippen molar-refractivity contribution in [3.63, 3.8) is 0 Å². The molecule has 0 heterocycles. The second-order valence-electron chi connectivity index (χ2n) is 5.92. The molecule has 2 rings (SSSR count). The molecule has 0 saturated carbocycles. The molecule has 0 aliphatic carbocycles. The van der Waals surface area contributed by atoms with Gasteiger partial charge in [-0.3, -0.25) is 4.79 Å². The predicted molar refractivity (Wildman–Crippen MR) is 103 cm³/mol. The van der Waals surface area contributed by atoms with E-state index in [1.165, 1.54) is 24.3 Å². The molecular weight excluding hydrogens is 389 g/mol. The van der Waals surface area contributed by atoms with Crippen LogP contribution in [0.25, 0.3) is 11.1 Å². The van der Waals surface area contributed by atoms with Crippen molar-refractivity contribution in [2.24, 2.45) is 0 Å². The Morgan fingerprint density at radius 2 is 1.66 bits per heavy atom. The number of carbonyl (C=O) groups excluding carboxylic acids is 2. The van der Waals surface area contributed by atoms with Crippen LogP contribution in [0.1, 0.15) is 13.8 Å². The lowest BCUT2D eigenvalue weighted by Gasteiger charge is -2.23. The average Bonchev–Trinajstić information content (AvgIpc) is 2.68. The average molecular weight is 410 g/mol. The minimum Gasteiger partial charge on any atom is -0.462 e. The van der Waals surface area contributed by atoms with E-state index in [4.69, 9.17) is 0 Å². The van der Waals surface area contributed by atoms with Crippen LogP contribution in [-0.2, 0) is 14.3 Å². The Balaban J connectivity index is 2.45. The van der Waals surface area contributed by atoms with Gasteiger partial charge in [-0.1, -0.05) is 12.1 Å². The highest BCUT2D eigenvalue weighted by atomic mass is 19.4. The van der Waals surface area contributed by atoms with Crippen LogP contribution in [0, 0.1) is 0 Å². The fraction of sp³-hybridized carbons (Fsp3) is 0.300. The van der Waals surface area contributed by atoms with Crippen molar-refractivity contribution in [3.8, 4) is 16.9 Å². The number of esters is 1. The summed E-state index contributed by atoms with van der Waals surface area (Å²) in [5.74, 6) is -2.37. The summed E-state index contributed by atoms with van der Waals surface area (Å²) in [5.41, 5.74) is 2.25. The van der Waals surface area contributed by atoms with E-state index in [1.807, 2.05) is 13.8 Å². The number of nitrogens with one attached hydrogen (secondary N) is 1. The Morgan fingerprint density at radius 3 is 2.17 bits per heavy atom. The third-order valence-electron chi connectivity index (χ3n) is 4.15. The number of methoxy groups -OCH3 is 1. The first kappa shape index (κ1) is 22.1. The number of halogens is 3. The quantitative estimate of drug-likeness (QED) is 0.571. The van der Waals surface area contributed by atoms with E-state index in [-0.39, 0.29) is 5.75 Å². The highest BCUT2D eigenvalue weighted by Crippen LogP contribution is 2.34. The van der Waals surface area contributed by atoms with E-state index >= 15 is 0 Å². The van der Waals surface area contributed by atoms with Gasteiger partial charge in [0.25, 0.3) is 0 Å². The number of ether oxygens (including phenoxy) is 2. The van der Waals surface area contributed by atoms with Crippen molar-refractivity contribution in [1.82, 2.24) is 0 Å². The predicted octanol–water partition coefficient (Wildman–Crippen LogP) is 4.21. The Labute approximate surface area is 166 Å². The van der Waals surface area contributed by atoms with E-state index in [0.29, 0.717) is 16.8 Å². The summed E-state index contributed by atoms with van der Waals surface area (Å²) in [7, 11) is 1.09. The molecule has 9 heteroatoms. The number of rotatable bonds is 6. The Hall–Kier alpha value is -3.23. The number of anilines is 2. The maximum Gasteiger partial charge on any atom is 0.573 e. The molecule has 1 amide bonds. The fourth-order valence-electron chi connectivity index (χ4n) is 2.77. The second-order valence-corrected chi connectivity index (χ2v) is 5.92. The SMILES string of the molecule is CCN(CC)c1ccc(NC(=O)C(=O)OC)c(-c2ccc(OC(F)(F)F)cc2)c1. The number of nitrogens with zero attached hydrogens (tertiary/aromatic N) is 1. The number of amides is 1. The molecule has 2 aromatic carbocycles. The van der Waals surface area contributed by atoms with Gasteiger partial charge in [0, 0.05) is 30.0 Å². The molecule has 0 spiro atoms. The number of alkyl halides is 3. The Kier molecular flexibility index (Phi) is 7.08. The molecule has 0 radical (unpaired) electrons. The van der Waals surface area contributed by atoms with E-state index in [0.717, 1.165) is 25.9 Å². The maximum atomic E-state index is 12.4. The van der Waals surface area contributed by atoms with Gasteiger partial charge in [-0.2, -0.15) is 0 Å². The standard InChI is InChI=1S/C20H21F3N2O4/c1-4-25(5-2)14-8-11-17(24-18(26)19(27)28-3)16(12-14)13-6-9-15(10-7-13)29-20(21,22)23/h6-12H,4-5H2,1-3H3,(H,24,26). The Morgan fingerprint density at radius 1 is 1.03 bits per heavy atom. The molecule has 0 bridgehead atoms. The number of benzene rings is 2. The van der Waals surface area contributed by atoms with Crippen LogP contribution in [0.5, 0.6) is 5.75 Å². The van der Waals surface area contributed by atoms with Crippen LogP contribution in [0.15, 0.2) is 42.5 Å². The van der Waals surface area contributed by atoms with Crippen LogP contribution in [0.2, 0.25) is 0 Å². The van der Waals surface area contributed by atoms with Crippen molar-refractivity contribution in [2.45, 2.75) is 20.2 Å². The van der Waals surface area contributed by atoms with Crippen molar-refractivity contribution in [2.75, 3.05) is 30.4 Å². The van der Waals surface area contributed by atoms with Crippen molar-refractivity contribution in [3.05, 3.63) is 42.5 Å².